The van der Waals surface area contributed by atoms with Crippen LogP contribution in [0.4, 0.5) is 0 Å². The first-order valence-electron chi connectivity index (χ1n) is 5.27. The van der Waals surface area contributed by atoms with Crippen LogP contribution in [0.25, 0.3) is 5.57 Å². The third kappa shape index (κ3) is 2.24. The summed E-state index contributed by atoms with van der Waals surface area (Å²) in [7, 11) is 4.06. The first kappa shape index (κ1) is 9.47. The molecule has 0 aromatic heterocycles. The van der Waals surface area contributed by atoms with Crippen molar-refractivity contribution in [1.29, 1.82) is 0 Å². The molecule has 1 nitrogen and oxygen atoms in total. The largest absolute Gasteiger partial charge is 0.465 e. The molecule has 14 heavy (non-hydrogen) atoms. The van der Waals surface area contributed by atoms with Gasteiger partial charge < -0.3 is 4.90 Å². The van der Waals surface area contributed by atoms with E-state index < -0.39 is 0 Å². The fraction of sp³-hybridized carbons (Fsp3) is 0.308. The smallest absolute Gasteiger partial charge is 0.0723 e. The minimum Gasteiger partial charge on any atom is -0.465 e. The predicted octanol–water partition coefficient (Wildman–Crippen LogP) is 1.54. The molecule has 0 fully saturated rings. The molecule has 0 amide bonds. The summed E-state index contributed by atoms with van der Waals surface area (Å²) in [6.07, 6.45) is 4.78. The first-order valence-corrected chi connectivity index (χ1v) is 5.27. The molecule has 1 aliphatic rings. The number of rotatable bonds is 1. The van der Waals surface area contributed by atoms with Gasteiger partial charge in [-0.05, 0) is 30.1 Å². The van der Waals surface area contributed by atoms with Crippen molar-refractivity contribution >= 4 is 5.57 Å². The SMILES string of the molecule is [CH2-][NH+]1CC=C(c2ccccc2)CCC1. The first-order chi connectivity index (χ1) is 6.86. The molecule has 0 bridgehead atoms. The van der Waals surface area contributed by atoms with Gasteiger partial charge in [0.25, 0.3) is 0 Å². The molecule has 74 valence electrons. The second-order valence-electron chi connectivity index (χ2n) is 3.90. The lowest BCUT2D eigenvalue weighted by Crippen LogP contribution is -3.06. The molecule has 1 aromatic carbocycles. The van der Waals surface area contributed by atoms with Gasteiger partial charge in [-0.15, -0.1) is 0 Å². The van der Waals surface area contributed by atoms with Crippen LogP contribution in [-0.4, -0.2) is 13.1 Å². The third-order valence-corrected chi connectivity index (χ3v) is 2.76. The van der Waals surface area contributed by atoms with Gasteiger partial charge in [0.1, 0.15) is 0 Å². The number of benzene rings is 1. The zero-order valence-electron chi connectivity index (χ0n) is 8.50. The van der Waals surface area contributed by atoms with Crippen LogP contribution in [-0.2, 0) is 0 Å². The molecule has 0 saturated carbocycles. The van der Waals surface area contributed by atoms with Gasteiger partial charge in [-0.25, -0.2) is 0 Å². The maximum absolute atomic E-state index is 4.06. The van der Waals surface area contributed by atoms with Crippen LogP contribution >= 0.6 is 0 Å². The number of nitrogens with one attached hydrogen (secondary N) is 1. The minimum absolute atomic E-state index is 1.06. The molecule has 0 saturated heterocycles. The second-order valence-corrected chi connectivity index (χ2v) is 3.90. The van der Waals surface area contributed by atoms with E-state index in [2.05, 4.69) is 43.5 Å². The Morgan fingerprint density at radius 2 is 1.93 bits per heavy atom. The third-order valence-electron chi connectivity index (χ3n) is 2.76. The Kier molecular flexibility index (Phi) is 3.00. The molecule has 1 heteroatoms. The monoisotopic (exact) mass is 187 g/mol. The summed E-state index contributed by atoms with van der Waals surface area (Å²) in [5.41, 5.74) is 2.87. The van der Waals surface area contributed by atoms with Gasteiger partial charge >= 0.3 is 0 Å². The summed E-state index contributed by atoms with van der Waals surface area (Å²) in [6, 6.07) is 10.7. The van der Waals surface area contributed by atoms with E-state index >= 15 is 0 Å². The lowest BCUT2D eigenvalue weighted by molar-refractivity contribution is -0.846. The average molecular weight is 187 g/mol. The normalized spacial score (nSPS) is 22.6. The van der Waals surface area contributed by atoms with Crippen molar-refractivity contribution in [2.45, 2.75) is 12.8 Å². The van der Waals surface area contributed by atoms with Crippen molar-refractivity contribution < 1.29 is 4.90 Å². The van der Waals surface area contributed by atoms with Crippen LogP contribution in [0.1, 0.15) is 18.4 Å². The Morgan fingerprint density at radius 3 is 2.71 bits per heavy atom. The van der Waals surface area contributed by atoms with Crippen molar-refractivity contribution in [1.82, 2.24) is 0 Å². The van der Waals surface area contributed by atoms with Gasteiger partial charge in [0.2, 0.25) is 0 Å². The van der Waals surface area contributed by atoms with Crippen LogP contribution in [0.3, 0.4) is 0 Å². The fourth-order valence-electron chi connectivity index (χ4n) is 1.91. The van der Waals surface area contributed by atoms with E-state index in [9.17, 15) is 0 Å². The summed E-state index contributed by atoms with van der Waals surface area (Å²) in [5.74, 6) is 0. The van der Waals surface area contributed by atoms with Gasteiger partial charge in [-0.3, -0.25) is 0 Å². The standard InChI is InChI=1S/C13H17N/c1-14-10-5-8-13(9-11-14)12-6-3-2-4-7-12/h2-4,6-7,9,14H,1,5,8,10-11H2. The maximum atomic E-state index is 4.06. The van der Waals surface area contributed by atoms with Crippen molar-refractivity contribution in [2.75, 3.05) is 13.1 Å². The van der Waals surface area contributed by atoms with E-state index in [0.717, 1.165) is 6.54 Å². The Hall–Kier alpha value is -1.08. The zero-order valence-corrected chi connectivity index (χ0v) is 8.50. The van der Waals surface area contributed by atoms with Crippen LogP contribution in [0.15, 0.2) is 36.4 Å². The molecule has 1 aromatic rings. The molecule has 0 aliphatic carbocycles. The van der Waals surface area contributed by atoms with Crippen molar-refractivity contribution in [2.24, 2.45) is 0 Å². The molecule has 1 aliphatic heterocycles. The average Bonchev–Trinajstić information content (AvgIpc) is 2.44. The molecule has 0 spiro atoms. The predicted molar refractivity (Wildman–Crippen MR) is 59.7 cm³/mol. The molecule has 2 rings (SSSR count). The van der Waals surface area contributed by atoms with E-state index in [1.807, 2.05) is 0 Å². The van der Waals surface area contributed by atoms with Gasteiger partial charge in [-0.2, -0.15) is 7.05 Å². The topological polar surface area (TPSA) is 4.44 Å². The maximum Gasteiger partial charge on any atom is 0.0723 e. The number of hydrogen-bond donors (Lipinski definition) is 1. The van der Waals surface area contributed by atoms with Gasteiger partial charge in [-0.1, -0.05) is 30.3 Å². The van der Waals surface area contributed by atoms with Crippen LogP contribution in [0.5, 0.6) is 0 Å². The number of allylic oxidation sites excluding steroid dienone is 1. The summed E-state index contributed by atoms with van der Waals surface area (Å²) in [4.78, 5) is 1.37. The molecular formula is C13H17N. The van der Waals surface area contributed by atoms with Crippen molar-refractivity contribution in [3.63, 3.8) is 0 Å². The highest BCUT2D eigenvalue weighted by Gasteiger charge is 2.06. The Labute approximate surface area is 86.1 Å². The van der Waals surface area contributed by atoms with E-state index in [-0.39, 0.29) is 0 Å². The molecule has 1 N–H and O–H groups in total. The minimum atomic E-state index is 1.06. The van der Waals surface area contributed by atoms with Gasteiger partial charge in [0.05, 0.1) is 13.1 Å². The van der Waals surface area contributed by atoms with Crippen LogP contribution in [0, 0.1) is 7.05 Å². The summed E-state index contributed by atoms with van der Waals surface area (Å²) in [5, 5.41) is 0. The van der Waals surface area contributed by atoms with Crippen LogP contribution < -0.4 is 4.90 Å². The summed E-state index contributed by atoms with van der Waals surface area (Å²) >= 11 is 0. The lowest BCUT2D eigenvalue weighted by Gasteiger charge is -2.15. The lowest BCUT2D eigenvalue weighted by atomic mass is 10.0. The van der Waals surface area contributed by atoms with Gasteiger partial charge in [0.15, 0.2) is 0 Å². The highest BCUT2D eigenvalue weighted by molar-refractivity contribution is 5.65. The Bertz CT molecular complexity index is 313. The molecule has 0 radical (unpaired) electrons. The number of quaternary nitrogens is 1. The molecule has 1 heterocycles. The molecule has 1 atom stereocenters. The zero-order chi connectivity index (χ0) is 9.80. The summed E-state index contributed by atoms with van der Waals surface area (Å²) < 4.78 is 0. The van der Waals surface area contributed by atoms with E-state index in [0.29, 0.717) is 0 Å². The van der Waals surface area contributed by atoms with Crippen LogP contribution in [0.2, 0.25) is 0 Å². The van der Waals surface area contributed by atoms with Crippen molar-refractivity contribution in [3.8, 4) is 0 Å². The molecular weight excluding hydrogens is 170 g/mol. The van der Waals surface area contributed by atoms with Crippen molar-refractivity contribution in [3.05, 3.63) is 49.0 Å². The highest BCUT2D eigenvalue weighted by atomic mass is 15.1. The molecule has 1 unspecified atom stereocenters. The van der Waals surface area contributed by atoms with E-state index in [4.69, 9.17) is 0 Å². The second kappa shape index (κ2) is 4.43. The Balaban J connectivity index is 2.18. The quantitative estimate of drug-likeness (QED) is 0.636. The fourth-order valence-corrected chi connectivity index (χ4v) is 1.91. The van der Waals surface area contributed by atoms with E-state index in [1.165, 1.54) is 35.4 Å². The Morgan fingerprint density at radius 1 is 1.14 bits per heavy atom. The van der Waals surface area contributed by atoms with Gasteiger partial charge in [0, 0.05) is 0 Å². The van der Waals surface area contributed by atoms with E-state index in [1.54, 1.807) is 0 Å². The number of hydrogen-bond acceptors (Lipinski definition) is 0. The highest BCUT2D eigenvalue weighted by Crippen LogP contribution is 2.19. The summed E-state index contributed by atoms with van der Waals surface area (Å²) in [6.45, 7) is 2.25.